The van der Waals surface area contributed by atoms with Crippen LogP contribution in [-0.4, -0.2) is 29.5 Å². The molecule has 0 amide bonds. The molecule has 7 heteroatoms. The lowest BCUT2D eigenvalue weighted by atomic mass is 10.1. The predicted octanol–water partition coefficient (Wildman–Crippen LogP) is 4.19. The second kappa shape index (κ2) is 7.50. The Morgan fingerprint density at radius 2 is 1.96 bits per heavy atom. The molecule has 0 fully saturated rings. The summed E-state index contributed by atoms with van der Waals surface area (Å²) in [5.74, 6) is 0.550. The van der Waals surface area contributed by atoms with Crippen molar-refractivity contribution in [1.29, 1.82) is 0 Å². The minimum Gasteiger partial charge on any atom is -0.468 e. The van der Waals surface area contributed by atoms with E-state index >= 15 is 0 Å². The summed E-state index contributed by atoms with van der Waals surface area (Å²) in [4.78, 5) is 5.94. The minimum absolute atomic E-state index is 0.163. The molecule has 0 aromatic carbocycles. The minimum atomic E-state index is -4.44. The summed E-state index contributed by atoms with van der Waals surface area (Å²) in [5, 5.41) is 2.82. The van der Waals surface area contributed by atoms with Crippen LogP contribution in [0.4, 0.5) is 19.0 Å². The quantitative estimate of drug-likeness (QED) is 0.828. The number of likely N-dealkylation sites (N-methyl/N-ethyl adjacent to an activating group) is 1. The van der Waals surface area contributed by atoms with E-state index in [1.54, 1.807) is 12.3 Å². The van der Waals surface area contributed by atoms with Crippen molar-refractivity contribution in [3.05, 3.63) is 48.0 Å². The van der Waals surface area contributed by atoms with Gasteiger partial charge >= 0.3 is 6.18 Å². The lowest BCUT2D eigenvalue weighted by Gasteiger charge is -2.28. The Bertz CT molecular complexity index is 595. The standard InChI is InChI=1S/C16H20F3N3O/c1-3-22(4-2)13(14-8-6-10-23-14)11-21-15-12(16(17,18)19)7-5-9-20-15/h5-10,13H,3-4,11H2,1-2H3,(H,20,21)/t13-/m1/s1. The molecule has 0 aliphatic carbocycles. The van der Waals surface area contributed by atoms with Gasteiger partial charge in [0, 0.05) is 12.7 Å². The third-order valence-corrected chi connectivity index (χ3v) is 3.70. The van der Waals surface area contributed by atoms with Crippen LogP contribution in [0.3, 0.4) is 0 Å². The molecule has 0 aliphatic rings. The number of pyridine rings is 1. The van der Waals surface area contributed by atoms with Crippen LogP contribution in [0.1, 0.15) is 31.2 Å². The van der Waals surface area contributed by atoms with Crippen LogP contribution in [0.5, 0.6) is 0 Å². The van der Waals surface area contributed by atoms with Crippen LogP contribution in [-0.2, 0) is 6.18 Å². The molecule has 2 aromatic rings. The Morgan fingerprint density at radius 1 is 1.22 bits per heavy atom. The molecule has 126 valence electrons. The van der Waals surface area contributed by atoms with Crippen molar-refractivity contribution in [2.75, 3.05) is 25.0 Å². The highest BCUT2D eigenvalue weighted by molar-refractivity contribution is 5.45. The molecule has 0 saturated carbocycles. The monoisotopic (exact) mass is 327 g/mol. The molecule has 2 heterocycles. The second-order valence-corrected chi connectivity index (χ2v) is 5.03. The smallest absolute Gasteiger partial charge is 0.419 e. The first-order valence-electron chi connectivity index (χ1n) is 7.50. The Hall–Kier alpha value is -2.02. The van der Waals surface area contributed by atoms with Gasteiger partial charge in [-0.1, -0.05) is 13.8 Å². The number of hydrogen-bond donors (Lipinski definition) is 1. The first-order chi connectivity index (χ1) is 11.0. The van der Waals surface area contributed by atoms with Gasteiger partial charge in [0.1, 0.15) is 11.6 Å². The number of anilines is 1. The topological polar surface area (TPSA) is 41.3 Å². The molecular weight excluding hydrogens is 307 g/mol. The molecule has 0 aliphatic heterocycles. The molecule has 1 atom stereocenters. The zero-order chi connectivity index (χ0) is 16.9. The maximum atomic E-state index is 13.0. The zero-order valence-corrected chi connectivity index (χ0v) is 13.1. The number of furan rings is 1. The molecule has 2 rings (SSSR count). The van der Waals surface area contributed by atoms with Crippen LogP contribution in [0.15, 0.2) is 41.1 Å². The first-order valence-corrected chi connectivity index (χ1v) is 7.50. The van der Waals surface area contributed by atoms with Gasteiger partial charge in [-0.05, 0) is 37.4 Å². The summed E-state index contributed by atoms with van der Waals surface area (Å²) in [7, 11) is 0. The summed E-state index contributed by atoms with van der Waals surface area (Å²) in [5.41, 5.74) is -0.766. The summed E-state index contributed by atoms with van der Waals surface area (Å²) in [6.45, 7) is 5.80. The Balaban J connectivity index is 2.20. The lowest BCUT2D eigenvalue weighted by Crippen LogP contribution is -2.33. The average molecular weight is 327 g/mol. The summed E-state index contributed by atoms with van der Waals surface area (Å²) >= 11 is 0. The van der Waals surface area contributed by atoms with Crippen LogP contribution in [0.25, 0.3) is 0 Å². The summed E-state index contributed by atoms with van der Waals surface area (Å²) in [6.07, 6.45) is -1.53. The average Bonchev–Trinajstić information content (AvgIpc) is 3.05. The first kappa shape index (κ1) is 17.3. The molecule has 0 bridgehead atoms. The summed E-state index contributed by atoms with van der Waals surface area (Å²) in [6, 6.07) is 5.74. The molecule has 4 nitrogen and oxygen atoms in total. The number of alkyl halides is 3. The van der Waals surface area contributed by atoms with Gasteiger partial charge in [-0.2, -0.15) is 13.2 Å². The number of nitrogens with one attached hydrogen (secondary N) is 1. The van der Waals surface area contributed by atoms with E-state index in [0.717, 1.165) is 19.2 Å². The third-order valence-electron chi connectivity index (χ3n) is 3.70. The third kappa shape index (κ3) is 4.25. The van der Waals surface area contributed by atoms with E-state index in [2.05, 4.69) is 15.2 Å². The van der Waals surface area contributed by atoms with Gasteiger partial charge in [0.25, 0.3) is 0 Å². The number of rotatable bonds is 7. The lowest BCUT2D eigenvalue weighted by molar-refractivity contribution is -0.137. The van der Waals surface area contributed by atoms with Crippen LogP contribution >= 0.6 is 0 Å². The number of halogens is 3. The van der Waals surface area contributed by atoms with Crippen molar-refractivity contribution in [2.24, 2.45) is 0 Å². The number of nitrogens with zero attached hydrogens (tertiary/aromatic N) is 2. The molecule has 0 saturated heterocycles. The molecule has 1 N–H and O–H groups in total. The molecular formula is C16H20F3N3O. The van der Waals surface area contributed by atoms with Crippen LogP contribution in [0.2, 0.25) is 0 Å². The van der Waals surface area contributed by atoms with Gasteiger partial charge in [-0.15, -0.1) is 0 Å². The highest BCUT2D eigenvalue weighted by atomic mass is 19.4. The van der Waals surface area contributed by atoms with E-state index < -0.39 is 11.7 Å². The van der Waals surface area contributed by atoms with E-state index in [4.69, 9.17) is 4.42 Å². The van der Waals surface area contributed by atoms with E-state index in [1.807, 2.05) is 19.9 Å². The van der Waals surface area contributed by atoms with Crippen molar-refractivity contribution in [2.45, 2.75) is 26.1 Å². The summed E-state index contributed by atoms with van der Waals surface area (Å²) < 4.78 is 44.5. The maximum Gasteiger partial charge on any atom is 0.419 e. The van der Waals surface area contributed by atoms with Crippen molar-refractivity contribution >= 4 is 5.82 Å². The zero-order valence-electron chi connectivity index (χ0n) is 13.1. The molecule has 0 spiro atoms. The Morgan fingerprint density at radius 3 is 2.52 bits per heavy atom. The largest absolute Gasteiger partial charge is 0.468 e. The van der Waals surface area contributed by atoms with Crippen LogP contribution in [0, 0.1) is 0 Å². The van der Waals surface area contributed by atoms with E-state index in [0.29, 0.717) is 5.76 Å². The van der Waals surface area contributed by atoms with Crippen molar-refractivity contribution in [3.8, 4) is 0 Å². The van der Waals surface area contributed by atoms with Gasteiger partial charge in [-0.3, -0.25) is 4.90 Å². The van der Waals surface area contributed by atoms with Gasteiger partial charge in [0.15, 0.2) is 0 Å². The fourth-order valence-electron chi connectivity index (χ4n) is 2.52. The van der Waals surface area contributed by atoms with Gasteiger partial charge in [0.2, 0.25) is 0 Å². The van der Waals surface area contributed by atoms with E-state index in [9.17, 15) is 13.2 Å². The van der Waals surface area contributed by atoms with Gasteiger partial charge < -0.3 is 9.73 Å². The van der Waals surface area contributed by atoms with Crippen molar-refractivity contribution in [3.63, 3.8) is 0 Å². The fraction of sp³-hybridized carbons (Fsp3) is 0.438. The SMILES string of the molecule is CCN(CC)[C@H](CNc1ncccc1C(F)(F)F)c1ccco1. The second-order valence-electron chi connectivity index (χ2n) is 5.03. The Kier molecular flexibility index (Phi) is 5.65. The fourth-order valence-corrected chi connectivity index (χ4v) is 2.52. The van der Waals surface area contributed by atoms with Crippen LogP contribution < -0.4 is 5.32 Å². The van der Waals surface area contributed by atoms with Gasteiger partial charge in [-0.25, -0.2) is 4.98 Å². The highest BCUT2D eigenvalue weighted by Crippen LogP contribution is 2.33. The van der Waals surface area contributed by atoms with Gasteiger partial charge in [0.05, 0.1) is 17.9 Å². The molecule has 23 heavy (non-hydrogen) atoms. The number of hydrogen-bond acceptors (Lipinski definition) is 4. The molecule has 2 aromatic heterocycles. The number of aromatic nitrogens is 1. The highest BCUT2D eigenvalue weighted by Gasteiger charge is 2.34. The van der Waals surface area contributed by atoms with Crippen molar-refractivity contribution in [1.82, 2.24) is 9.88 Å². The maximum absolute atomic E-state index is 13.0. The predicted molar refractivity (Wildman–Crippen MR) is 82.1 cm³/mol. The van der Waals surface area contributed by atoms with E-state index in [-0.39, 0.29) is 18.4 Å². The molecule has 0 radical (unpaired) electrons. The molecule has 0 unspecified atom stereocenters. The van der Waals surface area contributed by atoms with E-state index in [1.165, 1.54) is 12.3 Å². The Labute approximate surface area is 133 Å². The van der Waals surface area contributed by atoms with Crippen molar-refractivity contribution < 1.29 is 17.6 Å². The normalized spacial score (nSPS) is 13.3.